The van der Waals surface area contributed by atoms with E-state index >= 15 is 0 Å². The lowest BCUT2D eigenvalue weighted by atomic mass is 9.77. The molecule has 0 saturated heterocycles. The maximum Gasteiger partial charge on any atom is 0.416 e. The summed E-state index contributed by atoms with van der Waals surface area (Å²) in [7, 11) is 0. The molecule has 1 aliphatic rings. The SMILES string of the molecule is [C-]#[N+]C1C(C)=NC(CCC)=C(C(=O)OC(C)C)C1c1ccc(F)cc1C(F)(F)F. The maximum absolute atomic E-state index is 13.7. The lowest BCUT2D eigenvalue weighted by molar-refractivity contribution is -0.144. The van der Waals surface area contributed by atoms with E-state index in [0.717, 1.165) is 12.1 Å². The van der Waals surface area contributed by atoms with Gasteiger partial charge in [0.05, 0.1) is 34.6 Å². The number of rotatable bonds is 5. The van der Waals surface area contributed by atoms with Gasteiger partial charge < -0.3 is 9.58 Å². The first-order valence-corrected chi connectivity index (χ1v) is 9.23. The van der Waals surface area contributed by atoms with Crippen molar-refractivity contribution >= 4 is 11.7 Å². The predicted molar refractivity (Wildman–Crippen MR) is 101 cm³/mol. The third-order valence-electron chi connectivity index (χ3n) is 4.52. The van der Waals surface area contributed by atoms with Crippen LogP contribution in [0.4, 0.5) is 17.6 Å². The molecule has 156 valence electrons. The maximum atomic E-state index is 13.7. The first-order valence-electron chi connectivity index (χ1n) is 9.23. The fourth-order valence-electron chi connectivity index (χ4n) is 3.41. The summed E-state index contributed by atoms with van der Waals surface area (Å²) in [6.45, 7) is 14.2. The van der Waals surface area contributed by atoms with Crippen molar-refractivity contribution in [2.24, 2.45) is 4.99 Å². The van der Waals surface area contributed by atoms with Gasteiger partial charge in [0.2, 0.25) is 0 Å². The molecule has 1 heterocycles. The standard InChI is InChI=1S/C21H22F4N2O2/c1-6-7-16-18(20(28)29-11(2)3)17(19(26-5)12(4)27-16)14-9-8-13(22)10-15(14)21(23,24)25/h8-11,17,19H,6-7H2,1-4H3. The lowest BCUT2D eigenvalue weighted by Crippen LogP contribution is -2.34. The van der Waals surface area contributed by atoms with Crippen LogP contribution in [-0.4, -0.2) is 23.8 Å². The van der Waals surface area contributed by atoms with Crippen molar-refractivity contribution in [2.75, 3.05) is 0 Å². The number of halogens is 4. The number of esters is 1. The zero-order valence-corrected chi connectivity index (χ0v) is 16.6. The van der Waals surface area contributed by atoms with E-state index in [1.807, 2.05) is 6.92 Å². The molecule has 8 heteroatoms. The second kappa shape index (κ2) is 8.76. The van der Waals surface area contributed by atoms with E-state index in [1.165, 1.54) is 0 Å². The summed E-state index contributed by atoms with van der Waals surface area (Å²) in [4.78, 5) is 20.7. The summed E-state index contributed by atoms with van der Waals surface area (Å²) in [6, 6.07) is 1.16. The van der Waals surface area contributed by atoms with Gasteiger partial charge in [-0.05, 0) is 44.9 Å². The van der Waals surface area contributed by atoms with Gasteiger partial charge in [-0.15, -0.1) is 0 Å². The molecule has 0 saturated carbocycles. The summed E-state index contributed by atoms with van der Waals surface area (Å²) in [5, 5.41) is 0. The van der Waals surface area contributed by atoms with E-state index in [0.29, 0.717) is 30.3 Å². The average Bonchev–Trinajstić information content (AvgIpc) is 2.60. The minimum atomic E-state index is -4.86. The molecule has 2 atom stereocenters. The predicted octanol–water partition coefficient (Wildman–Crippen LogP) is 5.70. The highest BCUT2D eigenvalue weighted by molar-refractivity contribution is 6.00. The summed E-state index contributed by atoms with van der Waals surface area (Å²) >= 11 is 0. The van der Waals surface area contributed by atoms with E-state index in [9.17, 15) is 22.4 Å². The van der Waals surface area contributed by atoms with Gasteiger partial charge in [-0.3, -0.25) is 4.99 Å². The molecule has 1 aromatic rings. The van der Waals surface area contributed by atoms with Crippen molar-refractivity contribution in [3.63, 3.8) is 0 Å². The van der Waals surface area contributed by atoms with Crippen LogP contribution >= 0.6 is 0 Å². The number of alkyl halides is 3. The number of allylic oxidation sites excluding steroid dienone is 1. The molecule has 2 rings (SSSR count). The Labute approximate surface area is 167 Å². The number of aliphatic imine (C=N–C) groups is 1. The molecule has 0 aliphatic carbocycles. The highest BCUT2D eigenvalue weighted by atomic mass is 19.4. The van der Waals surface area contributed by atoms with Crippen LogP contribution in [0.25, 0.3) is 4.85 Å². The van der Waals surface area contributed by atoms with Crippen LogP contribution in [0, 0.1) is 12.4 Å². The van der Waals surface area contributed by atoms with Crippen LogP contribution in [0.3, 0.4) is 0 Å². The Balaban J connectivity index is 2.82. The summed E-state index contributed by atoms with van der Waals surface area (Å²) in [5.74, 6) is -3.11. The second-order valence-corrected chi connectivity index (χ2v) is 7.10. The van der Waals surface area contributed by atoms with Crippen LogP contribution in [-0.2, 0) is 15.7 Å². The molecule has 2 unspecified atom stereocenters. The number of ether oxygens (including phenoxy) is 1. The van der Waals surface area contributed by atoms with Gasteiger partial charge >= 0.3 is 12.1 Å². The van der Waals surface area contributed by atoms with Gasteiger partial charge in [0.1, 0.15) is 5.82 Å². The van der Waals surface area contributed by atoms with E-state index in [2.05, 4.69) is 9.84 Å². The number of carbonyl (C=O) groups is 1. The van der Waals surface area contributed by atoms with E-state index in [4.69, 9.17) is 11.3 Å². The van der Waals surface area contributed by atoms with Crippen LogP contribution < -0.4 is 0 Å². The molecule has 0 N–H and O–H groups in total. The monoisotopic (exact) mass is 410 g/mol. The Bertz CT molecular complexity index is 895. The number of benzene rings is 1. The molecule has 0 radical (unpaired) electrons. The van der Waals surface area contributed by atoms with Crippen molar-refractivity contribution < 1.29 is 27.1 Å². The molecule has 1 aliphatic heterocycles. The Morgan fingerprint density at radius 3 is 2.52 bits per heavy atom. The molecule has 0 aromatic heterocycles. The third kappa shape index (κ3) is 4.84. The van der Waals surface area contributed by atoms with Crippen LogP contribution in [0.5, 0.6) is 0 Å². The largest absolute Gasteiger partial charge is 0.460 e. The zero-order valence-electron chi connectivity index (χ0n) is 16.6. The first kappa shape index (κ1) is 22.6. The minimum absolute atomic E-state index is 0.0655. The molecule has 1 aromatic carbocycles. The van der Waals surface area contributed by atoms with Crippen LogP contribution in [0.15, 0.2) is 34.5 Å². The summed E-state index contributed by atoms with van der Waals surface area (Å²) in [6.07, 6.45) is -4.43. The summed E-state index contributed by atoms with van der Waals surface area (Å²) < 4.78 is 60.0. The molecule has 29 heavy (non-hydrogen) atoms. The Kier molecular flexibility index (Phi) is 6.83. The zero-order chi connectivity index (χ0) is 21.9. The lowest BCUT2D eigenvalue weighted by Gasteiger charge is -2.29. The van der Waals surface area contributed by atoms with Crippen molar-refractivity contribution in [1.29, 1.82) is 0 Å². The van der Waals surface area contributed by atoms with Gasteiger partial charge in [-0.1, -0.05) is 19.4 Å². The molecular weight excluding hydrogens is 388 g/mol. The molecular formula is C21H22F4N2O2. The van der Waals surface area contributed by atoms with Gasteiger partial charge in [-0.25, -0.2) is 15.8 Å². The number of nitrogens with zero attached hydrogens (tertiary/aromatic N) is 2. The van der Waals surface area contributed by atoms with Crippen LogP contribution in [0.2, 0.25) is 0 Å². The smallest absolute Gasteiger partial charge is 0.416 e. The Morgan fingerprint density at radius 2 is 2.00 bits per heavy atom. The first-order chi connectivity index (χ1) is 13.5. The molecule has 0 bridgehead atoms. The highest BCUT2D eigenvalue weighted by Crippen LogP contribution is 2.44. The van der Waals surface area contributed by atoms with Gasteiger partial charge in [0, 0.05) is 0 Å². The van der Waals surface area contributed by atoms with Crippen molar-refractivity contribution in [3.05, 3.63) is 57.8 Å². The van der Waals surface area contributed by atoms with E-state index in [1.54, 1.807) is 20.8 Å². The molecule has 0 amide bonds. The van der Waals surface area contributed by atoms with Crippen molar-refractivity contribution in [2.45, 2.75) is 64.8 Å². The van der Waals surface area contributed by atoms with Crippen molar-refractivity contribution in [3.8, 4) is 0 Å². The Hall–Kier alpha value is -2.69. The fourth-order valence-corrected chi connectivity index (χ4v) is 3.41. The highest BCUT2D eigenvalue weighted by Gasteiger charge is 2.46. The van der Waals surface area contributed by atoms with Gasteiger partial charge in [0.25, 0.3) is 6.04 Å². The molecule has 4 nitrogen and oxygen atoms in total. The van der Waals surface area contributed by atoms with E-state index in [-0.39, 0.29) is 11.1 Å². The topological polar surface area (TPSA) is 43.0 Å². The van der Waals surface area contributed by atoms with Crippen molar-refractivity contribution in [1.82, 2.24) is 0 Å². The quantitative estimate of drug-likeness (QED) is 0.355. The number of hydrogen-bond acceptors (Lipinski definition) is 3. The molecule has 0 fully saturated rings. The number of carbonyl (C=O) groups excluding carboxylic acids is 1. The van der Waals surface area contributed by atoms with Crippen LogP contribution in [0.1, 0.15) is 57.6 Å². The van der Waals surface area contributed by atoms with E-state index < -0.39 is 41.6 Å². The second-order valence-electron chi connectivity index (χ2n) is 7.10. The average molecular weight is 410 g/mol. The molecule has 0 spiro atoms. The van der Waals surface area contributed by atoms with Gasteiger partial charge in [0.15, 0.2) is 0 Å². The third-order valence-corrected chi connectivity index (χ3v) is 4.52. The van der Waals surface area contributed by atoms with Gasteiger partial charge in [-0.2, -0.15) is 13.2 Å². The normalized spacial score (nSPS) is 19.8. The Morgan fingerprint density at radius 1 is 1.34 bits per heavy atom. The fraction of sp³-hybridized carbons (Fsp3) is 0.476. The minimum Gasteiger partial charge on any atom is -0.460 e. The summed E-state index contributed by atoms with van der Waals surface area (Å²) in [5.41, 5.74) is -0.996. The number of hydrogen-bond donors (Lipinski definition) is 0.